The third kappa shape index (κ3) is 3.32. The highest BCUT2D eigenvalue weighted by Crippen LogP contribution is 2.30. The zero-order valence-corrected chi connectivity index (χ0v) is 14.5. The van der Waals surface area contributed by atoms with Gasteiger partial charge in [-0.1, -0.05) is 0 Å². The molecule has 3 heterocycles. The molecule has 1 fully saturated rings. The lowest BCUT2D eigenvalue weighted by atomic mass is 10.1. The maximum atomic E-state index is 11.8. The van der Waals surface area contributed by atoms with Crippen LogP contribution >= 0.6 is 0 Å². The number of rotatable bonds is 5. The van der Waals surface area contributed by atoms with E-state index in [-0.39, 0.29) is 5.92 Å². The Labute approximate surface area is 136 Å². The number of likely N-dealkylation sites (tertiary alicyclic amines) is 1. The van der Waals surface area contributed by atoms with E-state index in [1.54, 1.807) is 0 Å². The predicted molar refractivity (Wildman–Crippen MR) is 86.9 cm³/mol. The first kappa shape index (κ1) is 16.2. The number of aromatic nitrogens is 4. The van der Waals surface area contributed by atoms with Gasteiger partial charge in [0.2, 0.25) is 0 Å². The summed E-state index contributed by atoms with van der Waals surface area (Å²) in [4.78, 5) is 2.67. The molecule has 7 nitrogen and oxygen atoms in total. The number of aromatic amines is 1. The SMILES string of the molecule is CC(C)n1nccc1CN1CC[C@@H](c2[nH]ncc2S(C)(=O)=O)C1. The molecule has 0 unspecified atom stereocenters. The number of sulfone groups is 1. The second kappa shape index (κ2) is 6.09. The first-order valence-electron chi connectivity index (χ1n) is 7.84. The van der Waals surface area contributed by atoms with Crippen molar-refractivity contribution >= 4 is 9.84 Å². The minimum atomic E-state index is -3.24. The van der Waals surface area contributed by atoms with Gasteiger partial charge >= 0.3 is 0 Å². The van der Waals surface area contributed by atoms with Gasteiger partial charge in [-0.15, -0.1) is 0 Å². The van der Waals surface area contributed by atoms with Crippen LogP contribution in [0.1, 0.15) is 43.6 Å². The van der Waals surface area contributed by atoms with Crippen molar-refractivity contribution in [2.45, 2.75) is 43.7 Å². The van der Waals surface area contributed by atoms with Crippen molar-refractivity contribution in [3.05, 3.63) is 29.8 Å². The molecule has 1 saturated heterocycles. The largest absolute Gasteiger partial charge is 0.297 e. The number of hydrogen-bond acceptors (Lipinski definition) is 5. The van der Waals surface area contributed by atoms with Crippen molar-refractivity contribution in [1.82, 2.24) is 24.9 Å². The molecule has 1 N–H and O–H groups in total. The first-order chi connectivity index (χ1) is 10.9. The van der Waals surface area contributed by atoms with Crippen molar-refractivity contribution in [2.75, 3.05) is 19.3 Å². The van der Waals surface area contributed by atoms with E-state index in [1.165, 1.54) is 18.1 Å². The highest BCUT2D eigenvalue weighted by molar-refractivity contribution is 7.90. The number of nitrogens with one attached hydrogen (secondary N) is 1. The van der Waals surface area contributed by atoms with Gasteiger partial charge in [0.1, 0.15) is 4.90 Å². The van der Waals surface area contributed by atoms with E-state index in [4.69, 9.17) is 0 Å². The van der Waals surface area contributed by atoms with Crippen LogP contribution in [0.4, 0.5) is 0 Å². The van der Waals surface area contributed by atoms with Crippen LogP contribution in [0.3, 0.4) is 0 Å². The van der Waals surface area contributed by atoms with Gasteiger partial charge in [0.15, 0.2) is 9.84 Å². The molecule has 0 amide bonds. The van der Waals surface area contributed by atoms with Crippen molar-refractivity contribution < 1.29 is 8.42 Å². The molecule has 1 atom stereocenters. The quantitative estimate of drug-likeness (QED) is 0.895. The van der Waals surface area contributed by atoms with Crippen LogP contribution in [0.25, 0.3) is 0 Å². The molecule has 126 valence electrons. The van der Waals surface area contributed by atoms with Gasteiger partial charge in [0.05, 0.1) is 17.6 Å². The summed E-state index contributed by atoms with van der Waals surface area (Å²) < 4.78 is 25.7. The van der Waals surface area contributed by atoms with Crippen LogP contribution in [0.2, 0.25) is 0 Å². The van der Waals surface area contributed by atoms with Gasteiger partial charge in [-0.25, -0.2) is 8.42 Å². The Kier molecular flexibility index (Phi) is 4.29. The first-order valence-corrected chi connectivity index (χ1v) is 9.73. The van der Waals surface area contributed by atoms with Crippen LogP contribution in [0.15, 0.2) is 23.4 Å². The van der Waals surface area contributed by atoms with Crippen LogP contribution < -0.4 is 0 Å². The van der Waals surface area contributed by atoms with Gasteiger partial charge < -0.3 is 0 Å². The molecule has 0 radical (unpaired) electrons. The summed E-state index contributed by atoms with van der Waals surface area (Å²) in [6.07, 6.45) is 5.41. The van der Waals surface area contributed by atoms with Crippen molar-refractivity contribution in [2.24, 2.45) is 0 Å². The Hall–Kier alpha value is -1.67. The maximum absolute atomic E-state index is 11.8. The lowest BCUT2D eigenvalue weighted by molar-refractivity contribution is 0.309. The van der Waals surface area contributed by atoms with E-state index >= 15 is 0 Å². The number of H-pyrrole nitrogens is 1. The Bertz CT molecular complexity index is 777. The fourth-order valence-corrected chi connectivity index (χ4v) is 4.10. The van der Waals surface area contributed by atoms with Gasteiger partial charge in [-0.3, -0.25) is 14.7 Å². The molecule has 3 rings (SSSR count). The molecule has 0 spiro atoms. The molecule has 1 aliphatic heterocycles. The van der Waals surface area contributed by atoms with E-state index in [1.807, 2.05) is 16.9 Å². The summed E-state index contributed by atoms with van der Waals surface area (Å²) >= 11 is 0. The monoisotopic (exact) mass is 337 g/mol. The molecule has 0 bridgehead atoms. The summed E-state index contributed by atoms with van der Waals surface area (Å²) in [5.74, 6) is 0.178. The minimum absolute atomic E-state index is 0.178. The predicted octanol–water partition coefficient (Wildman–Crippen LogP) is 1.58. The summed E-state index contributed by atoms with van der Waals surface area (Å²) in [6, 6.07) is 2.38. The third-order valence-electron chi connectivity index (χ3n) is 4.34. The maximum Gasteiger partial charge on any atom is 0.178 e. The Morgan fingerprint density at radius 3 is 2.91 bits per heavy atom. The van der Waals surface area contributed by atoms with Gasteiger partial charge in [-0.05, 0) is 32.9 Å². The molecule has 23 heavy (non-hydrogen) atoms. The standard InChI is InChI=1S/C15H23N5O2S/c1-11(2)20-13(4-6-17-20)10-19-7-5-12(9-19)15-14(8-16-18-15)23(3,21)22/h4,6,8,11-12H,5,7,9-10H2,1-3H3,(H,16,18)/t12-/m1/s1. The average molecular weight is 337 g/mol. The van der Waals surface area contributed by atoms with E-state index in [9.17, 15) is 8.42 Å². The van der Waals surface area contributed by atoms with Gasteiger partial charge in [0.25, 0.3) is 0 Å². The van der Waals surface area contributed by atoms with Crippen molar-refractivity contribution in [3.8, 4) is 0 Å². The fraction of sp³-hybridized carbons (Fsp3) is 0.600. The molecule has 0 aromatic carbocycles. The fourth-order valence-electron chi connectivity index (χ4n) is 3.25. The second-order valence-electron chi connectivity index (χ2n) is 6.50. The molecule has 2 aromatic rings. The zero-order valence-electron chi connectivity index (χ0n) is 13.7. The van der Waals surface area contributed by atoms with Crippen LogP contribution in [-0.4, -0.2) is 52.6 Å². The lowest BCUT2D eigenvalue weighted by Crippen LogP contribution is -2.22. The average Bonchev–Trinajstić information content (AvgIpc) is 3.17. The van der Waals surface area contributed by atoms with Crippen LogP contribution in [0, 0.1) is 0 Å². The van der Waals surface area contributed by atoms with Crippen LogP contribution in [0.5, 0.6) is 0 Å². The van der Waals surface area contributed by atoms with E-state index < -0.39 is 9.84 Å². The highest BCUT2D eigenvalue weighted by atomic mass is 32.2. The molecular formula is C15H23N5O2S. The van der Waals surface area contributed by atoms with E-state index in [0.717, 1.165) is 31.7 Å². The minimum Gasteiger partial charge on any atom is -0.297 e. The van der Waals surface area contributed by atoms with E-state index in [0.29, 0.717) is 10.9 Å². The zero-order chi connectivity index (χ0) is 16.6. The second-order valence-corrected chi connectivity index (χ2v) is 8.49. The summed E-state index contributed by atoms with van der Waals surface area (Å²) in [5.41, 5.74) is 1.93. The molecular weight excluding hydrogens is 314 g/mol. The third-order valence-corrected chi connectivity index (χ3v) is 5.46. The Morgan fingerprint density at radius 1 is 1.43 bits per heavy atom. The topological polar surface area (TPSA) is 83.9 Å². The van der Waals surface area contributed by atoms with Gasteiger partial charge in [0, 0.05) is 37.5 Å². The molecule has 8 heteroatoms. The molecule has 0 aliphatic carbocycles. The van der Waals surface area contributed by atoms with Gasteiger partial charge in [-0.2, -0.15) is 10.2 Å². The number of hydrogen-bond donors (Lipinski definition) is 1. The Balaban J connectivity index is 1.72. The number of nitrogens with zero attached hydrogens (tertiary/aromatic N) is 4. The van der Waals surface area contributed by atoms with Crippen molar-refractivity contribution in [3.63, 3.8) is 0 Å². The summed E-state index contributed by atoms with van der Waals surface area (Å²) in [6.45, 7) is 6.83. The Morgan fingerprint density at radius 2 is 2.22 bits per heavy atom. The molecule has 2 aromatic heterocycles. The summed E-state index contributed by atoms with van der Waals surface area (Å²) in [5, 5.41) is 11.2. The van der Waals surface area contributed by atoms with Crippen LogP contribution in [-0.2, 0) is 16.4 Å². The van der Waals surface area contributed by atoms with E-state index in [2.05, 4.69) is 34.0 Å². The van der Waals surface area contributed by atoms with Crippen molar-refractivity contribution in [1.29, 1.82) is 0 Å². The normalized spacial score (nSPS) is 19.7. The highest BCUT2D eigenvalue weighted by Gasteiger charge is 2.30. The lowest BCUT2D eigenvalue weighted by Gasteiger charge is -2.18. The summed E-state index contributed by atoms with van der Waals surface area (Å²) in [7, 11) is -3.24. The molecule has 1 aliphatic rings. The molecule has 0 saturated carbocycles. The smallest absolute Gasteiger partial charge is 0.178 e.